The summed E-state index contributed by atoms with van der Waals surface area (Å²) in [5, 5.41) is 0. The van der Waals surface area contributed by atoms with Gasteiger partial charge < -0.3 is 24.7 Å². The summed E-state index contributed by atoms with van der Waals surface area (Å²) in [7, 11) is 6.55. The monoisotopic (exact) mass is 329 g/mol. The van der Waals surface area contributed by atoms with Crippen LogP contribution in [0.25, 0.3) is 0 Å². The van der Waals surface area contributed by atoms with Crippen LogP contribution in [-0.2, 0) is 6.42 Å². The molecule has 0 amide bonds. The molecule has 0 heterocycles. The van der Waals surface area contributed by atoms with E-state index in [1.54, 1.807) is 28.4 Å². The van der Waals surface area contributed by atoms with E-state index in [-0.39, 0.29) is 12.0 Å². The van der Waals surface area contributed by atoms with Crippen LogP contribution in [0.4, 0.5) is 0 Å². The molecule has 3 rings (SSSR count). The lowest BCUT2D eigenvalue weighted by atomic mass is 9.92. The highest BCUT2D eigenvalue weighted by molar-refractivity contribution is 5.53. The second-order valence-corrected chi connectivity index (χ2v) is 5.86. The Balaban J connectivity index is 1.97. The van der Waals surface area contributed by atoms with Gasteiger partial charge in [0.1, 0.15) is 0 Å². The predicted molar refractivity (Wildman–Crippen MR) is 92.5 cm³/mol. The lowest BCUT2D eigenvalue weighted by Gasteiger charge is -2.18. The van der Waals surface area contributed by atoms with E-state index in [4.69, 9.17) is 24.7 Å². The molecule has 0 saturated carbocycles. The largest absolute Gasteiger partial charge is 0.493 e. The third kappa shape index (κ3) is 2.65. The maximum absolute atomic E-state index is 6.53. The van der Waals surface area contributed by atoms with Crippen molar-refractivity contribution in [2.75, 3.05) is 28.4 Å². The van der Waals surface area contributed by atoms with Gasteiger partial charge >= 0.3 is 0 Å². The van der Waals surface area contributed by atoms with E-state index in [2.05, 4.69) is 0 Å². The van der Waals surface area contributed by atoms with Crippen molar-refractivity contribution in [3.8, 4) is 23.0 Å². The summed E-state index contributed by atoms with van der Waals surface area (Å²) in [4.78, 5) is 0. The normalized spacial score (nSPS) is 18.9. The molecule has 0 spiro atoms. The average molecular weight is 329 g/mol. The number of hydrogen-bond donors (Lipinski definition) is 1. The lowest BCUT2D eigenvalue weighted by Crippen LogP contribution is -2.15. The molecule has 0 bridgehead atoms. The van der Waals surface area contributed by atoms with E-state index < -0.39 is 0 Å². The first kappa shape index (κ1) is 16.5. The van der Waals surface area contributed by atoms with Gasteiger partial charge in [-0.2, -0.15) is 0 Å². The van der Waals surface area contributed by atoms with Crippen molar-refractivity contribution in [2.45, 2.75) is 18.4 Å². The fraction of sp³-hybridized carbons (Fsp3) is 0.368. The number of ether oxygens (including phenoxy) is 4. The molecule has 0 aromatic heterocycles. The predicted octanol–water partition coefficient (Wildman–Crippen LogP) is 3.06. The van der Waals surface area contributed by atoms with Gasteiger partial charge in [0, 0.05) is 12.0 Å². The van der Waals surface area contributed by atoms with Gasteiger partial charge in [0.25, 0.3) is 0 Å². The number of fused-ring (bicyclic) bond motifs is 1. The first-order valence-corrected chi connectivity index (χ1v) is 7.85. The minimum atomic E-state index is -0.0992. The lowest BCUT2D eigenvalue weighted by molar-refractivity contribution is 0.354. The summed E-state index contributed by atoms with van der Waals surface area (Å²) in [6, 6.07) is 9.88. The van der Waals surface area contributed by atoms with Crippen molar-refractivity contribution in [2.24, 2.45) is 5.73 Å². The van der Waals surface area contributed by atoms with Crippen molar-refractivity contribution in [1.82, 2.24) is 0 Å². The van der Waals surface area contributed by atoms with Crippen LogP contribution in [0.3, 0.4) is 0 Å². The summed E-state index contributed by atoms with van der Waals surface area (Å²) in [6.07, 6.45) is 0.854. The molecule has 2 atom stereocenters. The Labute approximate surface area is 142 Å². The first-order valence-electron chi connectivity index (χ1n) is 7.85. The molecule has 2 N–H and O–H groups in total. The number of rotatable bonds is 5. The zero-order valence-electron chi connectivity index (χ0n) is 14.5. The van der Waals surface area contributed by atoms with Gasteiger partial charge in [0.05, 0.1) is 28.4 Å². The van der Waals surface area contributed by atoms with Crippen LogP contribution in [0.5, 0.6) is 23.0 Å². The molecule has 1 aliphatic carbocycles. The molecule has 0 fully saturated rings. The van der Waals surface area contributed by atoms with Crippen molar-refractivity contribution < 1.29 is 18.9 Å². The van der Waals surface area contributed by atoms with Gasteiger partial charge in [0.15, 0.2) is 23.0 Å². The highest BCUT2D eigenvalue weighted by Gasteiger charge is 2.32. The molecule has 24 heavy (non-hydrogen) atoms. The second-order valence-electron chi connectivity index (χ2n) is 5.86. The van der Waals surface area contributed by atoms with Crippen LogP contribution in [0.15, 0.2) is 30.3 Å². The zero-order chi connectivity index (χ0) is 17.3. The smallest absolute Gasteiger partial charge is 0.161 e. The molecule has 0 aliphatic heterocycles. The van der Waals surface area contributed by atoms with Gasteiger partial charge in [-0.25, -0.2) is 0 Å². The molecule has 5 heteroatoms. The molecule has 2 aromatic carbocycles. The fourth-order valence-electron chi connectivity index (χ4n) is 3.41. The van der Waals surface area contributed by atoms with Gasteiger partial charge in [-0.15, -0.1) is 0 Å². The minimum absolute atomic E-state index is 0.0992. The molecule has 2 aromatic rings. The van der Waals surface area contributed by atoms with Crippen molar-refractivity contribution in [3.63, 3.8) is 0 Å². The molecular formula is C19H23NO4. The Morgan fingerprint density at radius 1 is 0.792 bits per heavy atom. The summed E-state index contributed by atoms with van der Waals surface area (Å²) in [5.41, 5.74) is 9.96. The van der Waals surface area contributed by atoms with E-state index >= 15 is 0 Å². The van der Waals surface area contributed by atoms with Crippen molar-refractivity contribution in [1.29, 1.82) is 0 Å². The Hall–Kier alpha value is -2.40. The number of benzene rings is 2. The molecule has 5 nitrogen and oxygen atoms in total. The van der Waals surface area contributed by atoms with E-state index in [9.17, 15) is 0 Å². The zero-order valence-corrected chi connectivity index (χ0v) is 14.5. The van der Waals surface area contributed by atoms with E-state index in [1.807, 2.05) is 30.3 Å². The van der Waals surface area contributed by atoms with Gasteiger partial charge in [0.2, 0.25) is 0 Å². The van der Waals surface area contributed by atoms with Crippen LogP contribution in [0.2, 0.25) is 0 Å². The molecular weight excluding hydrogens is 306 g/mol. The summed E-state index contributed by atoms with van der Waals surface area (Å²) in [5.74, 6) is 3.05. The van der Waals surface area contributed by atoms with Crippen LogP contribution in [0.1, 0.15) is 28.7 Å². The molecule has 128 valence electrons. The highest BCUT2D eigenvalue weighted by Crippen LogP contribution is 2.46. The third-order valence-corrected chi connectivity index (χ3v) is 4.71. The van der Waals surface area contributed by atoms with Crippen molar-refractivity contribution >= 4 is 0 Å². The van der Waals surface area contributed by atoms with Gasteiger partial charge in [-0.05, 0) is 47.4 Å². The average Bonchev–Trinajstić information content (AvgIpc) is 2.95. The SMILES string of the molecule is COc1ccc(C2Cc3cc(OC)c(OC)cc3C2N)cc1OC. The standard InChI is InChI=1S/C19H23NO4/c1-21-15-6-5-11(8-16(15)22-2)13-7-12-9-17(23-3)18(24-4)10-14(12)19(13)20/h5-6,8-10,13,19H,7,20H2,1-4H3. The summed E-state index contributed by atoms with van der Waals surface area (Å²) in [6.45, 7) is 0. The van der Waals surface area contributed by atoms with Gasteiger partial charge in [-0.3, -0.25) is 0 Å². The van der Waals surface area contributed by atoms with Crippen LogP contribution in [0, 0.1) is 0 Å². The number of nitrogens with two attached hydrogens (primary N) is 1. The van der Waals surface area contributed by atoms with Crippen LogP contribution in [-0.4, -0.2) is 28.4 Å². The van der Waals surface area contributed by atoms with Crippen LogP contribution >= 0.6 is 0 Å². The van der Waals surface area contributed by atoms with E-state index in [0.29, 0.717) is 17.2 Å². The minimum Gasteiger partial charge on any atom is -0.493 e. The Morgan fingerprint density at radius 2 is 1.38 bits per heavy atom. The molecule has 2 unspecified atom stereocenters. The number of hydrogen-bond acceptors (Lipinski definition) is 5. The number of methoxy groups -OCH3 is 4. The fourth-order valence-corrected chi connectivity index (χ4v) is 3.41. The Morgan fingerprint density at radius 3 is 2.00 bits per heavy atom. The molecule has 1 aliphatic rings. The Kier molecular flexibility index (Phi) is 4.53. The van der Waals surface area contributed by atoms with Gasteiger partial charge in [-0.1, -0.05) is 6.07 Å². The third-order valence-electron chi connectivity index (χ3n) is 4.71. The topological polar surface area (TPSA) is 62.9 Å². The molecule has 0 saturated heterocycles. The quantitative estimate of drug-likeness (QED) is 0.913. The first-order chi connectivity index (χ1) is 11.6. The maximum atomic E-state index is 6.53. The van der Waals surface area contributed by atoms with E-state index in [1.165, 1.54) is 5.56 Å². The van der Waals surface area contributed by atoms with Crippen molar-refractivity contribution in [3.05, 3.63) is 47.0 Å². The summed E-state index contributed by atoms with van der Waals surface area (Å²) < 4.78 is 21.5. The van der Waals surface area contributed by atoms with Crippen LogP contribution < -0.4 is 24.7 Å². The maximum Gasteiger partial charge on any atom is 0.161 e. The Bertz CT molecular complexity index is 744. The highest BCUT2D eigenvalue weighted by atomic mass is 16.5. The second kappa shape index (κ2) is 6.61. The van der Waals surface area contributed by atoms with E-state index in [0.717, 1.165) is 23.3 Å². The molecule has 0 radical (unpaired) electrons. The summed E-state index contributed by atoms with van der Waals surface area (Å²) >= 11 is 0.